The summed E-state index contributed by atoms with van der Waals surface area (Å²) in [4.78, 5) is 59.9. The summed E-state index contributed by atoms with van der Waals surface area (Å²) >= 11 is 0. The molecule has 4 amide bonds. The molecular formula is C35H44FN5O9S. The lowest BCUT2D eigenvalue weighted by Gasteiger charge is -2.33. The van der Waals surface area contributed by atoms with Gasteiger partial charge in [-0.3, -0.25) is 19.1 Å². The van der Waals surface area contributed by atoms with Crippen LogP contribution in [0, 0.1) is 23.6 Å². The van der Waals surface area contributed by atoms with Crippen LogP contribution in [0.25, 0.3) is 10.8 Å². The van der Waals surface area contributed by atoms with E-state index in [2.05, 4.69) is 20.3 Å². The molecule has 7 atom stereocenters. The Morgan fingerprint density at radius 1 is 1.20 bits per heavy atom. The van der Waals surface area contributed by atoms with Crippen molar-refractivity contribution >= 4 is 44.6 Å². The third-order valence-electron chi connectivity index (χ3n) is 10.5. The van der Waals surface area contributed by atoms with Crippen molar-refractivity contribution in [3.8, 4) is 11.6 Å². The predicted molar refractivity (Wildman–Crippen MR) is 183 cm³/mol. The molecule has 14 nitrogen and oxygen atoms in total. The number of carbonyl (C=O) groups is 4. The van der Waals surface area contributed by atoms with Crippen molar-refractivity contribution in [1.82, 2.24) is 25.2 Å². The van der Waals surface area contributed by atoms with Gasteiger partial charge in [-0.25, -0.2) is 22.6 Å². The summed E-state index contributed by atoms with van der Waals surface area (Å²) in [5, 5.41) is 15.3. The molecule has 2 saturated carbocycles. The monoisotopic (exact) mass is 729 g/mol. The number of halogens is 1. The van der Waals surface area contributed by atoms with E-state index < -0.39 is 80.5 Å². The van der Waals surface area contributed by atoms with Crippen LogP contribution in [-0.2, 0) is 24.4 Å². The standard InChI is InChI=1S/C35H44FN5O9S/c1-4-20-13-19(2)7-5-6-8-22-17-35(22,33(44)40-51(47,48)24-9-10-24)39-30(42)27-15-23(18-41(27)32(43)29(20)38-34(45)46)50-31-25-16-26(36)28(49-3)14-21(25)11-12-37-31/h6,8,11-12,14,16,19-20,22-24,27,29,38H,4-5,7,9-10,13,15,17-18H2,1-3H3,(H,39,42)(H,40,44)(H,45,46)/b8-6-/t19-,20+,22+,23+,27-,29-,35+/m0/s1. The second-order valence-corrected chi connectivity index (χ2v) is 16.2. The van der Waals surface area contributed by atoms with Crippen LogP contribution >= 0.6 is 0 Å². The van der Waals surface area contributed by atoms with Gasteiger partial charge in [-0.2, -0.15) is 0 Å². The summed E-state index contributed by atoms with van der Waals surface area (Å²) in [6.45, 7) is 3.76. The van der Waals surface area contributed by atoms with Crippen molar-refractivity contribution in [2.75, 3.05) is 13.7 Å². The Balaban J connectivity index is 1.35. The number of ether oxygens (including phenoxy) is 2. The van der Waals surface area contributed by atoms with Gasteiger partial charge in [0.05, 0.1) is 18.9 Å². The fourth-order valence-corrected chi connectivity index (χ4v) is 8.77. The molecule has 0 unspecified atom stereocenters. The van der Waals surface area contributed by atoms with Crippen LogP contribution in [0.1, 0.15) is 65.2 Å². The molecule has 0 radical (unpaired) electrons. The van der Waals surface area contributed by atoms with Crippen LogP contribution in [0.2, 0.25) is 0 Å². The van der Waals surface area contributed by atoms with Crippen LogP contribution in [0.15, 0.2) is 36.5 Å². The maximum atomic E-state index is 14.8. The van der Waals surface area contributed by atoms with Crippen molar-refractivity contribution in [2.45, 2.75) is 94.2 Å². The Kier molecular flexibility index (Phi) is 10.2. The number of allylic oxidation sites excluding steroid dienone is 1. The zero-order valence-electron chi connectivity index (χ0n) is 28.8. The van der Waals surface area contributed by atoms with Gasteiger partial charge in [0.25, 0.3) is 5.91 Å². The lowest BCUT2D eigenvalue weighted by Crippen LogP contribution is -2.59. The summed E-state index contributed by atoms with van der Waals surface area (Å²) < 4.78 is 53.9. The molecule has 2 aliphatic heterocycles. The van der Waals surface area contributed by atoms with Gasteiger partial charge in [-0.05, 0) is 73.9 Å². The number of carboxylic acid groups (broad SMARTS) is 1. The first kappa shape index (κ1) is 36.3. The lowest BCUT2D eigenvalue weighted by atomic mass is 9.85. The molecule has 0 spiro atoms. The first-order valence-corrected chi connectivity index (χ1v) is 18.9. The second kappa shape index (κ2) is 14.3. The number of nitrogens with zero attached hydrogens (tertiary/aromatic N) is 2. The molecule has 51 heavy (non-hydrogen) atoms. The Morgan fingerprint density at radius 3 is 2.65 bits per heavy atom. The van der Waals surface area contributed by atoms with E-state index in [0.717, 1.165) is 6.42 Å². The average Bonchev–Trinajstić information content (AvgIpc) is 4.01. The first-order chi connectivity index (χ1) is 24.3. The third-order valence-corrected chi connectivity index (χ3v) is 12.4. The number of hydrogen-bond acceptors (Lipinski definition) is 9. The number of rotatable bonds is 8. The SMILES string of the molecule is CC[C@@H]1C[C@@H](C)CC/C=C\[C@@H]2C[C@@]2(C(=O)NS(=O)(=O)C2CC2)NC(=O)[C@@H]2C[C@@H](Oc3nccc4cc(OC)c(F)cc34)CN2C(=O)[C@H]1NC(=O)O. The Hall–Kier alpha value is -4.47. The molecule has 1 aromatic heterocycles. The van der Waals surface area contributed by atoms with Crippen LogP contribution in [0.5, 0.6) is 11.6 Å². The van der Waals surface area contributed by atoms with E-state index in [0.29, 0.717) is 42.9 Å². The lowest BCUT2D eigenvalue weighted by molar-refractivity contribution is -0.142. The van der Waals surface area contributed by atoms with Gasteiger partial charge in [0.15, 0.2) is 11.6 Å². The minimum absolute atomic E-state index is 0.0292. The van der Waals surface area contributed by atoms with Crippen molar-refractivity contribution in [2.24, 2.45) is 17.8 Å². The summed E-state index contributed by atoms with van der Waals surface area (Å²) in [5.74, 6) is -3.50. The number of aromatic nitrogens is 1. The van der Waals surface area contributed by atoms with Crippen LogP contribution < -0.4 is 24.8 Å². The summed E-state index contributed by atoms with van der Waals surface area (Å²) in [6, 6.07) is 1.97. The third kappa shape index (κ3) is 7.60. The number of fused-ring (bicyclic) bond motifs is 3. The minimum Gasteiger partial charge on any atom is -0.494 e. The largest absolute Gasteiger partial charge is 0.494 e. The predicted octanol–water partition coefficient (Wildman–Crippen LogP) is 3.25. The van der Waals surface area contributed by atoms with Gasteiger partial charge in [0.1, 0.15) is 23.7 Å². The molecule has 276 valence electrons. The van der Waals surface area contributed by atoms with Gasteiger partial charge in [0, 0.05) is 23.9 Å². The molecular weight excluding hydrogens is 685 g/mol. The minimum atomic E-state index is -3.93. The second-order valence-electron chi connectivity index (χ2n) is 14.2. The summed E-state index contributed by atoms with van der Waals surface area (Å²) in [5.41, 5.74) is -1.56. The maximum Gasteiger partial charge on any atom is 0.405 e. The molecule has 16 heteroatoms. The van der Waals surface area contributed by atoms with Gasteiger partial charge in [0.2, 0.25) is 27.7 Å². The van der Waals surface area contributed by atoms with Crippen molar-refractivity contribution in [3.63, 3.8) is 0 Å². The van der Waals surface area contributed by atoms with Crippen molar-refractivity contribution < 1.29 is 46.6 Å². The molecule has 4 aliphatic rings. The van der Waals surface area contributed by atoms with E-state index in [1.807, 2.05) is 26.0 Å². The number of nitrogens with one attached hydrogen (secondary N) is 3. The summed E-state index contributed by atoms with van der Waals surface area (Å²) in [7, 11) is -2.58. The van der Waals surface area contributed by atoms with Crippen molar-refractivity contribution in [3.05, 3.63) is 42.4 Å². The zero-order valence-corrected chi connectivity index (χ0v) is 29.6. The highest BCUT2D eigenvalue weighted by Crippen LogP contribution is 2.46. The van der Waals surface area contributed by atoms with Crippen LogP contribution in [-0.4, -0.2) is 89.9 Å². The molecule has 3 fully saturated rings. The smallest absolute Gasteiger partial charge is 0.405 e. The van der Waals surface area contributed by atoms with Gasteiger partial charge in [-0.1, -0.05) is 32.4 Å². The van der Waals surface area contributed by atoms with Gasteiger partial charge in [-0.15, -0.1) is 0 Å². The molecule has 6 rings (SSSR count). The molecule has 2 aliphatic carbocycles. The molecule has 2 aromatic rings. The zero-order chi connectivity index (χ0) is 36.7. The van der Waals surface area contributed by atoms with Gasteiger partial charge < -0.3 is 30.1 Å². The fraction of sp³-hybridized carbons (Fsp3) is 0.571. The van der Waals surface area contributed by atoms with E-state index in [1.165, 1.54) is 30.3 Å². The topological polar surface area (TPSA) is 193 Å². The van der Waals surface area contributed by atoms with Crippen LogP contribution in [0.4, 0.5) is 9.18 Å². The Bertz CT molecular complexity index is 1850. The molecule has 1 aromatic carbocycles. The highest BCUT2D eigenvalue weighted by Gasteiger charge is 2.62. The Labute approximate surface area is 295 Å². The number of sulfonamides is 1. The number of amides is 4. The number of hydrogen-bond donors (Lipinski definition) is 4. The molecule has 3 heterocycles. The molecule has 4 N–H and O–H groups in total. The van der Waals surface area contributed by atoms with E-state index in [1.54, 1.807) is 6.07 Å². The molecule has 1 saturated heterocycles. The van der Waals surface area contributed by atoms with Crippen LogP contribution in [0.3, 0.4) is 0 Å². The number of benzene rings is 1. The summed E-state index contributed by atoms with van der Waals surface area (Å²) in [6.07, 6.45) is 6.34. The quantitative estimate of drug-likeness (QED) is 0.293. The van der Waals surface area contributed by atoms with Gasteiger partial charge >= 0.3 is 6.09 Å². The highest BCUT2D eigenvalue weighted by atomic mass is 32.2. The normalized spacial score (nSPS) is 30.5. The number of methoxy groups -OCH3 is 1. The van der Waals surface area contributed by atoms with E-state index in [-0.39, 0.29) is 36.9 Å². The number of pyridine rings is 1. The first-order valence-electron chi connectivity index (χ1n) is 17.4. The fourth-order valence-electron chi connectivity index (χ4n) is 7.40. The van der Waals surface area contributed by atoms with E-state index >= 15 is 0 Å². The average molecular weight is 730 g/mol. The maximum absolute atomic E-state index is 14.8. The van der Waals surface area contributed by atoms with Crippen molar-refractivity contribution in [1.29, 1.82) is 0 Å². The highest BCUT2D eigenvalue weighted by molar-refractivity contribution is 7.91. The Morgan fingerprint density at radius 2 is 1.96 bits per heavy atom. The molecule has 0 bridgehead atoms. The number of carbonyl (C=O) groups excluding carboxylic acids is 3. The van der Waals surface area contributed by atoms with E-state index in [4.69, 9.17) is 9.47 Å². The van der Waals surface area contributed by atoms with E-state index in [9.17, 15) is 37.1 Å².